The third kappa shape index (κ3) is 4.23. The van der Waals surface area contributed by atoms with Crippen molar-refractivity contribution in [1.82, 2.24) is 5.32 Å². The number of aliphatic carboxylic acids is 1. The minimum absolute atomic E-state index is 0.416. The van der Waals surface area contributed by atoms with Crippen molar-refractivity contribution in [2.24, 2.45) is 0 Å². The molecule has 0 aromatic heterocycles. The number of carbonyl (C=O) groups is 1. The largest absolute Gasteiger partial charge is 0.480 e. The Hall–Kier alpha value is -1.68. The standard InChI is InChI=1S/C12H13NO2S/c1-9(12(14)15)13-11(16)8-7-10-5-3-2-4-6-10/h2-9H,1H3,(H,13,16)(H,14,15)/b8-7-/t9-/m0/s1. The highest BCUT2D eigenvalue weighted by molar-refractivity contribution is 7.80. The monoisotopic (exact) mass is 235 g/mol. The molecule has 0 saturated heterocycles. The molecule has 1 rings (SSSR count). The summed E-state index contributed by atoms with van der Waals surface area (Å²) >= 11 is 4.99. The van der Waals surface area contributed by atoms with Crippen LogP contribution >= 0.6 is 12.2 Å². The SMILES string of the molecule is C[C@H](NC(=S)/C=C\c1ccccc1)C(=O)O. The van der Waals surface area contributed by atoms with E-state index in [4.69, 9.17) is 17.3 Å². The first-order chi connectivity index (χ1) is 7.59. The van der Waals surface area contributed by atoms with E-state index in [1.54, 1.807) is 13.0 Å². The molecule has 3 nitrogen and oxygen atoms in total. The second-order valence-corrected chi connectivity index (χ2v) is 3.75. The molecule has 1 aromatic rings. The van der Waals surface area contributed by atoms with E-state index in [2.05, 4.69) is 5.32 Å². The van der Waals surface area contributed by atoms with Crippen LogP contribution in [0.1, 0.15) is 12.5 Å². The van der Waals surface area contributed by atoms with Gasteiger partial charge in [0.05, 0.1) is 4.99 Å². The molecule has 0 aliphatic heterocycles. The van der Waals surface area contributed by atoms with Crippen molar-refractivity contribution in [3.05, 3.63) is 42.0 Å². The van der Waals surface area contributed by atoms with Gasteiger partial charge in [-0.15, -0.1) is 0 Å². The van der Waals surface area contributed by atoms with E-state index >= 15 is 0 Å². The lowest BCUT2D eigenvalue weighted by atomic mass is 10.2. The number of carboxylic acid groups (broad SMARTS) is 1. The summed E-state index contributed by atoms with van der Waals surface area (Å²) in [6.07, 6.45) is 3.52. The van der Waals surface area contributed by atoms with Crippen molar-refractivity contribution in [2.45, 2.75) is 13.0 Å². The summed E-state index contributed by atoms with van der Waals surface area (Å²) in [6, 6.07) is 9.00. The number of hydrogen-bond acceptors (Lipinski definition) is 2. The number of nitrogens with one attached hydrogen (secondary N) is 1. The van der Waals surface area contributed by atoms with Gasteiger partial charge in [-0.25, -0.2) is 0 Å². The molecule has 16 heavy (non-hydrogen) atoms. The van der Waals surface area contributed by atoms with Gasteiger partial charge in [-0.2, -0.15) is 0 Å². The van der Waals surface area contributed by atoms with Gasteiger partial charge in [0.1, 0.15) is 6.04 Å². The molecule has 0 bridgehead atoms. The molecule has 0 spiro atoms. The van der Waals surface area contributed by atoms with E-state index in [0.717, 1.165) is 5.56 Å². The Morgan fingerprint density at radius 1 is 1.44 bits per heavy atom. The van der Waals surface area contributed by atoms with Gasteiger partial charge in [0.25, 0.3) is 0 Å². The molecular formula is C12H13NO2S. The Morgan fingerprint density at radius 2 is 2.06 bits per heavy atom. The summed E-state index contributed by atoms with van der Waals surface area (Å²) in [5.41, 5.74) is 1.02. The van der Waals surface area contributed by atoms with Crippen LogP contribution in [0.5, 0.6) is 0 Å². The van der Waals surface area contributed by atoms with Gasteiger partial charge >= 0.3 is 5.97 Å². The molecule has 0 fully saturated rings. The molecule has 0 unspecified atom stereocenters. The fraction of sp³-hybridized carbons (Fsp3) is 0.167. The Labute approximate surface area is 99.8 Å². The highest BCUT2D eigenvalue weighted by Crippen LogP contribution is 2.00. The molecule has 0 amide bonds. The molecule has 1 aromatic carbocycles. The first kappa shape index (κ1) is 12.4. The normalized spacial score (nSPS) is 12.3. The van der Waals surface area contributed by atoms with Crippen LogP contribution in [0, 0.1) is 0 Å². The topological polar surface area (TPSA) is 49.3 Å². The van der Waals surface area contributed by atoms with Crippen LogP contribution < -0.4 is 5.32 Å². The maximum atomic E-state index is 10.6. The molecule has 4 heteroatoms. The van der Waals surface area contributed by atoms with E-state index < -0.39 is 12.0 Å². The highest BCUT2D eigenvalue weighted by atomic mass is 32.1. The molecule has 1 atom stereocenters. The summed E-state index contributed by atoms with van der Waals surface area (Å²) in [5.74, 6) is -0.921. The zero-order chi connectivity index (χ0) is 12.0. The zero-order valence-electron chi connectivity index (χ0n) is 8.88. The Balaban J connectivity index is 2.52. The minimum atomic E-state index is -0.921. The number of rotatable bonds is 4. The van der Waals surface area contributed by atoms with E-state index in [-0.39, 0.29) is 0 Å². The van der Waals surface area contributed by atoms with Crippen molar-refractivity contribution in [3.8, 4) is 0 Å². The molecular weight excluding hydrogens is 222 g/mol. The number of thiocarbonyl (C=S) groups is 1. The van der Waals surface area contributed by atoms with E-state index in [9.17, 15) is 4.79 Å². The molecule has 0 heterocycles. The third-order valence-corrected chi connectivity index (χ3v) is 2.21. The van der Waals surface area contributed by atoms with Gasteiger partial charge in [-0.1, -0.05) is 48.6 Å². The molecule has 0 radical (unpaired) electrons. The van der Waals surface area contributed by atoms with E-state index in [1.165, 1.54) is 0 Å². The van der Waals surface area contributed by atoms with E-state index in [0.29, 0.717) is 4.99 Å². The Kier molecular flexibility index (Phi) is 4.66. The zero-order valence-corrected chi connectivity index (χ0v) is 9.70. The molecule has 2 N–H and O–H groups in total. The summed E-state index contributed by atoms with van der Waals surface area (Å²) in [6.45, 7) is 1.55. The van der Waals surface area contributed by atoms with Crippen LogP contribution in [-0.2, 0) is 4.79 Å². The molecule has 0 saturated carbocycles. The van der Waals surface area contributed by atoms with E-state index in [1.807, 2.05) is 36.4 Å². The summed E-state index contributed by atoms with van der Waals surface area (Å²) in [5, 5.41) is 11.4. The van der Waals surface area contributed by atoms with Gasteiger partial charge in [0, 0.05) is 0 Å². The third-order valence-electron chi connectivity index (χ3n) is 1.96. The quantitative estimate of drug-likeness (QED) is 0.620. The van der Waals surface area contributed by atoms with Crippen molar-refractivity contribution in [1.29, 1.82) is 0 Å². The van der Waals surface area contributed by atoms with Crippen molar-refractivity contribution >= 4 is 29.3 Å². The molecule has 84 valence electrons. The van der Waals surface area contributed by atoms with Crippen molar-refractivity contribution in [2.75, 3.05) is 0 Å². The lowest BCUT2D eigenvalue weighted by Crippen LogP contribution is -2.36. The summed E-state index contributed by atoms with van der Waals surface area (Å²) in [4.78, 5) is 11.0. The number of carboxylic acids is 1. The predicted octanol–water partition coefficient (Wildman–Crippen LogP) is 2.09. The first-order valence-electron chi connectivity index (χ1n) is 4.86. The second-order valence-electron chi connectivity index (χ2n) is 3.31. The average Bonchev–Trinajstić information content (AvgIpc) is 2.27. The predicted molar refractivity (Wildman–Crippen MR) is 68.3 cm³/mol. The minimum Gasteiger partial charge on any atom is -0.480 e. The Morgan fingerprint density at radius 3 is 2.62 bits per heavy atom. The molecule has 0 aliphatic rings. The first-order valence-corrected chi connectivity index (χ1v) is 5.27. The van der Waals surface area contributed by atoms with Crippen molar-refractivity contribution < 1.29 is 9.90 Å². The van der Waals surface area contributed by atoms with Gasteiger partial charge in [0.15, 0.2) is 0 Å². The fourth-order valence-electron chi connectivity index (χ4n) is 1.06. The van der Waals surface area contributed by atoms with Crippen LogP contribution in [0.3, 0.4) is 0 Å². The van der Waals surface area contributed by atoms with Crippen molar-refractivity contribution in [3.63, 3.8) is 0 Å². The van der Waals surface area contributed by atoms with Crippen LogP contribution in [0.4, 0.5) is 0 Å². The maximum Gasteiger partial charge on any atom is 0.325 e. The highest BCUT2D eigenvalue weighted by Gasteiger charge is 2.09. The van der Waals surface area contributed by atoms with Gasteiger partial charge in [0.2, 0.25) is 0 Å². The molecule has 0 aliphatic carbocycles. The van der Waals surface area contributed by atoms with Gasteiger partial charge in [-0.05, 0) is 18.6 Å². The maximum absolute atomic E-state index is 10.6. The lowest BCUT2D eigenvalue weighted by Gasteiger charge is -2.08. The average molecular weight is 235 g/mol. The summed E-state index contributed by atoms with van der Waals surface area (Å²) < 4.78 is 0. The van der Waals surface area contributed by atoms with Crippen LogP contribution in [0.15, 0.2) is 36.4 Å². The number of hydrogen-bond donors (Lipinski definition) is 2. The van der Waals surface area contributed by atoms with Gasteiger partial charge in [-0.3, -0.25) is 4.79 Å². The van der Waals surface area contributed by atoms with Crippen LogP contribution in [0.25, 0.3) is 6.08 Å². The Bertz CT molecular complexity index is 401. The lowest BCUT2D eigenvalue weighted by molar-refractivity contribution is -0.138. The van der Waals surface area contributed by atoms with Crippen LogP contribution in [0.2, 0.25) is 0 Å². The smallest absolute Gasteiger partial charge is 0.325 e. The number of benzene rings is 1. The fourth-order valence-corrected chi connectivity index (χ4v) is 1.30. The van der Waals surface area contributed by atoms with Gasteiger partial charge < -0.3 is 10.4 Å². The summed E-state index contributed by atoms with van der Waals surface area (Å²) in [7, 11) is 0. The second kappa shape index (κ2) is 6.02. The van der Waals surface area contributed by atoms with Crippen LogP contribution in [-0.4, -0.2) is 22.1 Å².